The Balaban J connectivity index is 3.51. The minimum absolute atomic E-state index is 0.354. The highest BCUT2D eigenvalue weighted by atomic mass is 16.2. The van der Waals surface area contributed by atoms with Crippen LogP contribution in [0, 0.1) is 11.8 Å². The van der Waals surface area contributed by atoms with Crippen LogP contribution < -0.4 is 0 Å². The van der Waals surface area contributed by atoms with E-state index < -0.39 is 0 Å². The van der Waals surface area contributed by atoms with Crippen LogP contribution in [0.3, 0.4) is 0 Å². The zero-order valence-corrected chi connectivity index (χ0v) is 8.14. The molecule has 0 aliphatic heterocycles. The number of aliphatic hydroxyl groups excluding tert-OH is 1. The maximum atomic E-state index is 8.67. The Morgan fingerprint density at radius 3 is 2.18 bits per heavy atom. The number of hydrogen-bond donors (Lipinski definition) is 1. The van der Waals surface area contributed by atoms with Crippen molar-refractivity contribution in [1.82, 2.24) is 0 Å². The fourth-order valence-corrected chi connectivity index (χ4v) is 1.54. The van der Waals surface area contributed by atoms with Crippen LogP contribution >= 0.6 is 0 Å². The van der Waals surface area contributed by atoms with Crippen LogP contribution in [0.1, 0.15) is 46.5 Å². The van der Waals surface area contributed by atoms with E-state index in [1.807, 2.05) is 0 Å². The molecule has 0 saturated carbocycles. The second-order valence-corrected chi connectivity index (χ2v) is 3.66. The molecule has 0 radical (unpaired) electrons. The minimum atomic E-state index is 0.354. The second-order valence-electron chi connectivity index (χ2n) is 3.66. The highest BCUT2D eigenvalue weighted by Gasteiger charge is 2.10. The summed E-state index contributed by atoms with van der Waals surface area (Å²) in [6.45, 7) is 7.14. The van der Waals surface area contributed by atoms with E-state index in [-0.39, 0.29) is 0 Å². The Kier molecular flexibility index (Phi) is 6.63. The first kappa shape index (κ1) is 11.0. The zero-order valence-electron chi connectivity index (χ0n) is 8.14. The lowest BCUT2D eigenvalue weighted by atomic mass is 9.87. The molecule has 0 amide bonds. The van der Waals surface area contributed by atoms with Gasteiger partial charge in [0.2, 0.25) is 0 Å². The molecule has 68 valence electrons. The van der Waals surface area contributed by atoms with Gasteiger partial charge in [-0.1, -0.05) is 33.6 Å². The van der Waals surface area contributed by atoms with E-state index in [2.05, 4.69) is 20.8 Å². The van der Waals surface area contributed by atoms with Crippen molar-refractivity contribution in [3.8, 4) is 0 Å². The third-order valence-corrected chi connectivity index (χ3v) is 2.34. The molecule has 1 N–H and O–H groups in total. The molecule has 0 aromatic heterocycles. The average molecular weight is 158 g/mol. The van der Waals surface area contributed by atoms with Crippen molar-refractivity contribution in [3.63, 3.8) is 0 Å². The Hall–Kier alpha value is -0.0400. The molecule has 11 heavy (non-hydrogen) atoms. The second kappa shape index (κ2) is 6.66. The Labute approximate surface area is 70.8 Å². The molecule has 1 nitrogen and oxygen atoms in total. The van der Waals surface area contributed by atoms with E-state index in [9.17, 15) is 0 Å². The average Bonchev–Trinajstić information content (AvgIpc) is 1.97. The summed E-state index contributed by atoms with van der Waals surface area (Å²) in [6.07, 6.45) is 4.76. The number of hydrogen-bond acceptors (Lipinski definition) is 1. The summed E-state index contributed by atoms with van der Waals surface area (Å²) in [7, 11) is 0. The molecule has 0 aromatic carbocycles. The SMILES string of the molecule is CCCC(CCCO)C(C)C. The third kappa shape index (κ3) is 5.25. The maximum absolute atomic E-state index is 8.67. The lowest BCUT2D eigenvalue weighted by Crippen LogP contribution is -2.08. The highest BCUT2D eigenvalue weighted by molar-refractivity contribution is 4.62. The number of rotatable bonds is 6. The first-order valence-corrected chi connectivity index (χ1v) is 4.83. The molecule has 0 rings (SSSR count). The van der Waals surface area contributed by atoms with Crippen molar-refractivity contribution >= 4 is 0 Å². The molecule has 1 heteroatoms. The predicted octanol–water partition coefficient (Wildman–Crippen LogP) is 2.83. The van der Waals surface area contributed by atoms with Crippen molar-refractivity contribution in [2.45, 2.75) is 46.5 Å². The minimum Gasteiger partial charge on any atom is -0.396 e. The van der Waals surface area contributed by atoms with Crippen LogP contribution in [0.15, 0.2) is 0 Å². The smallest absolute Gasteiger partial charge is 0.0431 e. The first-order chi connectivity index (χ1) is 5.22. The van der Waals surface area contributed by atoms with Gasteiger partial charge >= 0.3 is 0 Å². The summed E-state index contributed by atoms with van der Waals surface area (Å²) in [5, 5.41) is 8.67. The van der Waals surface area contributed by atoms with E-state index in [4.69, 9.17) is 5.11 Å². The van der Waals surface area contributed by atoms with E-state index in [0.29, 0.717) is 6.61 Å². The van der Waals surface area contributed by atoms with Crippen LogP contribution in [-0.2, 0) is 0 Å². The molecule has 0 aliphatic carbocycles. The van der Waals surface area contributed by atoms with Crippen LogP contribution in [-0.4, -0.2) is 11.7 Å². The molecule has 0 bridgehead atoms. The van der Waals surface area contributed by atoms with Crippen LogP contribution in [0.4, 0.5) is 0 Å². The molecule has 0 fully saturated rings. The van der Waals surface area contributed by atoms with E-state index in [0.717, 1.165) is 18.3 Å². The summed E-state index contributed by atoms with van der Waals surface area (Å²) < 4.78 is 0. The fraction of sp³-hybridized carbons (Fsp3) is 1.00. The Morgan fingerprint density at radius 1 is 1.18 bits per heavy atom. The zero-order chi connectivity index (χ0) is 8.69. The van der Waals surface area contributed by atoms with Gasteiger partial charge in [-0.05, 0) is 24.7 Å². The lowest BCUT2D eigenvalue weighted by molar-refractivity contribution is 0.249. The summed E-state index contributed by atoms with van der Waals surface area (Å²) in [5.74, 6) is 1.61. The van der Waals surface area contributed by atoms with Crippen LogP contribution in [0.25, 0.3) is 0 Å². The molecular formula is C10H22O. The lowest BCUT2D eigenvalue weighted by Gasteiger charge is -2.19. The van der Waals surface area contributed by atoms with Gasteiger partial charge in [0.15, 0.2) is 0 Å². The molecule has 0 aromatic rings. The molecule has 0 heterocycles. The molecule has 1 atom stereocenters. The molecule has 0 aliphatic rings. The van der Waals surface area contributed by atoms with Crippen molar-refractivity contribution in [1.29, 1.82) is 0 Å². The van der Waals surface area contributed by atoms with E-state index in [1.165, 1.54) is 19.3 Å². The van der Waals surface area contributed by atoms with Crippen molar-refractivity contribution in [2.24, 2.45) is 11.8 Å². The quantitative estimate of drug-likeness (QED) is 0.630. The summed E-state index contributed by atoms with van der Waals surface area (Å²) in [5.41, 5.74) is 0. The molecule has 1 unspecified atom stereocenters. The molecule has 0 saturated heterocycles. The van der Waals surface area contributed by atoms with Gasteiger partial charge in [-0.3, -0.25) is 0 Å². The van der Waals surface area contributed by atoms with Gasteiger partial charge in [-0.15, -0.1) is 0 Å². The largest absolute Gasteiger partial charge is 0.396 e. The summed E-state index contributed by atoms with van der Waals surface area (Å²) in [6, 6.07) is 0. The standard InChI is InChI=1S/C10H22O/c1-4-6-10(9(2)3)7-5-8-11/h9-11H,4-8H2,1-3H3. The maximum Gasteiger partial charge on any atom is 0.0431 e. The van der Waals surface area contributed by atoms with E-state index >= 15 is 0 Å². The topological polar surface area (TPSA) is 20.2 Å². The number of aliphatic hydroxyl groups is 1. The Morgan fingerprint density at radius 2 is 1.82 bits per heavy atom. The normalized spacial score (nSPS) is 13.9. The third-order valence-electron chi connectivity index (χ3n) is 2.34. The molecule has 0 spiro atoms. The van der Waals surface area contributed by atoms with Crippen molar-refractivity contribution < 1.29 is 5.11 Å². The Bertz CT molecular complexity index is 78.9. The fourth-order valence-electron chi connectivity index (χ4n) is 1.54. The van der Waals surface area contributed by atoms with E-state index in [1.54, 1.807) is 0 Å². The first-order valence-electron chi connectivity index (χ1n) is 4.83. The van der Waals surface area contributed by atoms with Crippen molar-refractivity contribution in [2.75, 3.05) is 6.61 Å². The highest BCUT2D eigenvalue weighted by Crippen LogP contribution is 2.21. The van der Waals surface area contributed by atoms with Gasteiger partial charge in [-0.2, -0.15) is 0 Å². The summed E-state index contributed by atoms with van der Waals surface area (Å²) >= 11 is 0. The van der Waals surface area contributed by atoms with Gasteiger partial charge < -0.3 is 5.11 Å². The van der Waals surface area contributed by atoms with Gasteiger partial charge in [0.1, 0.15) is 0 Å². The summed E-state index contributed by atoms with van der Waals surface area (Å²) in [4.78, 5) is 0. The van der Waals surface area contributed by atoms with Gasteiger partial charge in [0.05, 0.1) is 0 Å². The molecular weight excluding hydrogens is 136 g/mol. The van der Waals surface area contributed by atoms with Crippen LogP contribution in [0.5, 0.6) is 0 Å². The van der Waals surface area contributed by atoms with Crippen LogP contribution in [0.2, 0.25) is 0 Å². The van der Waals surface area contributed by atoms with Crippen molar-refractivity contribution in [3.05, 3.63) is 0 Å². The monoisotopic (exact) mass is 158 g/mol. The van der Waals surface area contributed by atoms with Gasteiger partial charge in [-0.25, -0.2) is 0 Å². The van der Waals surface area contributed by atoms with Gasteiger partial charge in [0.25, 0.3) is 0 Å². The predicted molar refractivity (Wildman–Crippen MR) is 49.6 cm³/mol. The van der Waals surface area contributed by atoms with Gasteiger partial charge in [0, 0.05) is 6.61 Å².